The van der Waals surface area contributed by atoms with Crippen molar-refractivity contribution < 1.29 is 27.7 Å². The van der Waals surface area contributed by atoms with Crippen LogP contribution in [0.4, 0.5) is 0 Å². The molecule has 0 amide bonds. The summed E-state index contributed by atoms with van der Waals surface area (Å²) in [5, 5.41) is 0. The number of quaternary nitrogens is 1. The lowest BCUT2D eigenvalue weighted by Gasteiger charge is -2.24. The molecule has 0 radical (unpaired) electrons. The zero-order valence-electron chi connectivity index (χ0n) is 26.1. The van der Waals surface area contributed by atoms with Gasteiger partial charge < -0.3 is 14.1 Å². The van der Waals surface area contributed by atoms with Crippen LogP contribution in [-0.4, -0.2) is 63.5 Å². The Bertz CT molecular complexity index is 772. The summed E-state index contributed by atoms with van der Waals surface area (Å²) in [6.07, 6.45) is 20.3. The van der Waals surface area contributed by atoms with Crippen LogP contribution in [0.2, 0.25) is 0 Å². The molecule has 0 aromatic heterocycles. The van der Waals surface area contributed by atoms with E-state index in [0.717, 1.165) is 13.0 Å². The summed E-state index contributed by atoms with van der Waals surface area (Å²) in [6.45, 7) is 4.56. The van der Waals surface area contributed by atoms with Crippen LogP contribution in [0.3, 0.4) is 0 Å². The molecule has 234 valence electrons. The second kappa shape index (κ2) is 23.4. The van der Waals surface area contributed by atoms with Gasteiger partial charge in [-0.3, -0.25) is 9.05 Å². The highest BCUT2D eigenvalue weighted by atomic mass is 127. The SMILES string of the molecule is CCCCCCCCCCC(CCCCCCCOCCCOP(=O)(O)OCC[N+](C)(C)C)c1ccc(I)cc1. The van der Waals surface area contributed by atoms with Crippen molar-refractivity contribution in [3.63, 3.8) is 0 Å². The first kappa shape index (κ1) is 38.0. The third-order valence-electron chi connectivity index (χ3n) is 7.29. The molecule has 0 spiro atoms. The summed E-state index contributed by atoms with van der Waals surface area (Å²) in [4.78, 5) is 9.73. The minimum Gasteiger partial charge on any atom is -0.381 e. The molecular weight excluding hydrogens is 636 g/mol. The van der Waals surface area contributed by atoms with E-state index in [1.165, 1.54) is 99.0 Å². The minimum absolute atomic E-state index is 0.166. The molecule has 0 fully saturated rings. The van der Waals surface area contributed by atoms with Crippen molar-refractivity contribution in [1.82, 2.24) is 0 Å². The maximum atomic E-state index is 11.9. The van der Waals surface area contributed by atoms with E-state index in [1.54, 1.807) is 0 Å². The van der Waals surface area contributed by atoms with Crippen molar-refractivity contribution in [1.29, 1.82) is 0 Å². The Morgan fingerprint density at radius 3 is 1.80 bits per heavy atom. The molecule has 2 unspecified atom stereocenters. The monoisotopic (exact) mass is 696 g/mol. The summed E-state index contributed by atoms with van der Waals surface area (Å²) in [6, 6.07) is 9.20. The standard InChI is InChI=1S/C32H59INO5P/c1-5-6-7-8-9-10-12-15-19-30(31-21-23-32(33)24-22-31)20-16-13-11-14-17-26-37-27-18-28-38-40(35,36)39-29-25-34(2,3)4/h21-24,30H,5-20,25-29H2,1-4H3/p+1. The van der Waals surface area contributed by atoms with Gasteiger partial charge in [-0.25, -0.2) is 4.57 Å². The van der Waals surface area contributed by atoms with Gasteiger partial charge in [0, 0.05) is 16.8 Å². The van der Waals surface area contributed by atoms with Crippen molar-refractivity contribution in [2.45, 2.75) is 116 Å². The molecule has 1 rings (SSSR count). The minimum atomic E-state index is -3.97. The van der Waals surface area contributed by atoms with Gasteiger partial charge in [-0.05, 0) is 71.9 Å². The van der Waals surface area contributed by atoms with Crippen molar-refractivity contribution in [3.05, 3.63) is 33.4 Å². The molecular formula is C32H60INO5P+. The van der Waals surface area contributed by atoms with Crippen LogP contribution in [0, 0.1) is 3.57 Å². The average Bonchev–Trinajstić information content (AvgIpc) is 2.89. The first-order valence-corrected chi connectivity index (χ1v) is 18.5. The highest BCUT2D eigenvalue weighted by molar-refractivity contribution is 14.1. The Morgan fingerprint density at radius 1 is 0.725 bits per heavy atom. The number of benzene rings is 1. The number of hydrogen-bond acceptors (Lipinski definition) is 4. The van der Waals surface area contributed by atoms with Crippen molar-refractivity contribution in [3.8, 4) is 0 Å². The first-order valence-electron chi connectivity index (χ1n) is 15.9. The molecule has 0 heterocycles. The molecule has 0 saturated heterocycles. The maximum absolute atomic E-state index is 11.9. The van der Waals surface area contributed by atoms with E-state index in [9.17, 15) is 9.46 Å². The molecule has 0 aliphatic carbocycles. The summed E-state index contributed by atoms with van der Waals surface area (Å²) < 4.78 is 29.6. The molecule has 6 nitrogen and oxygen atoms in total. The molecule has 1 N–H and O–H groups in total. The van der Waals surface area contributed by atoms with Gasteiger partial charge in [0.2, 0.25) is 0 Å². The van der Waals surface area contributed by atoms with E-state index in [0.29, 0.717) is 30.0 Å². The van der Waals surface area contributed by atoms with Gasteiger partial charge in [0.15, 0.2) is 0 Å². The first-order chi connectivity index (χ1) is 19.1. The highest BCUT2D eigenvalue weighted by Crippen LogP contribution is 2.43. The molecule has 1 aromatic carbocycles. The summed E-state index contributed by atoms with van der Waals surface area (Å²) in [7, 11) is 2.05. The number of rotatable bonds is 27. The predicted octanol–water partition coefficient (Wildman–Crippen LogP) is 9.49. The number of likely N-dealkylation sites (N-methyl/N-ethyl adjacent to an activating group) is 1. The number of unbranched alkanes of at least 4 members (excludes halogenated alkanes) is 11. The van der Waals surface area contributed by atoms with Gasteiger partial charge in [-0.2, -0.15) is 0 Å². The molecule has 40 heavy (non-hydrogen) atoms. The van der Waals surface area contributed by atoms with Crippen LogP contribution in [0.5, 0.6) is 0 Å². The van der Waals surface area contributed by atoms with Gasteiger partial charge in [-0.15, -0.1) is 0 Å². The molecule has 0 aliphatic rings. The second-order valence-corrected chi connectivity index (χ2v) is 14.9. The molecule has 0 saturated carbocycles. The highest BCUT2D eigenvalue weighted by Gasteiger charge is 2.22. The van der Waals surface area contributed by atoms with Crippen LogP contribution in [0.15, 0.2) is 24.3 Å². The lowest BCUT2D eigenvalue weighted by atomic mass is 9.88. The molecule has 2 atom stereocenters. The Morgan fingerprint density at radius 2 is 1.23 bits per heavy atom. The van der Waals surface area contributed by atoms with Crippen LogP contribution in [0.25, 0.3) is 0 Å². The van der Waals surface area contributed by atoms with E-state index >= 15 is 0 Å². The Hall–Kier alpha value is -0.0200. The molecule has 0 aliphatic heterocycles. The van der Waals surface area contributed by atoms with Gasteiger partial charge in [-0.1, -0.05) is 96.1 Å². The van der Waals surface area contributed by atoms with Crippen LogP contribution in [0.1, 0.15) is 121 Å². The zero-order chi connectivity index (χ0) is 29.5. The molecule has 1 aromatic rings. The third kappa shape index (κ3) is 22.6. The number of phosphoric ester groups is 1. The fourth-order valence-electron chi connectivity index (χ4n) is 4.77. The summed E-state index contributed by atoms with van der Waals surface area (Å²) >= 11 is 2.40. The Balaban J connectivity index is 2.09. The number of nitrogens with zero attached hydrogens (tertiary/aromatic N) is 1. The van der Waals surface area contributed by atoms with Crippen molar-refractivity contribution >= 4 is 30.4 Å². The summed E-state index contributed by atoms with van der Waals surface area (Å²) in [5.41, 5.74) is 1.52. The predicted molar refractivity (Wildman–Crippen MR) is 177 cm³/mol. The quantitative estimate of drug-likeness (QED) is 0.0430. The van der Waals surface area contributed by atoms with E-state index < -0.39 is 7.82 Å². The molecule has 0 bridgehead atoms. The van der Waals surface area contributed by atoms with E-state index in [-0.39, 0.29) is 13.2 Å². The second-order valence-electron chi connectivity index (χ2n) is 12.2. The van der Waals surface area contributed by atoms with Crippen LogP contribution >= 0.6 is 30.4 Å². The third-order valence-corrected chi connectivity index (χ3v) is 9.03. The van der Waals surface area contributed by atoms with Gasteiger partial charge in [0.1, 0.15) is 13.2 Å². The number of phosphoric acid groups is 1. The maximum Gasteiger partial charge on any atom is 0.472 e. The topological polar surface area (TPSA) is 65.0 Å². The fraction of sp³-hybridized carbons (Fsp3) is 0.812. The molecule has 8 heteroatoms. The fourth-order valence-corrected chi connectivity index (χ4v) is 5.88. The largest absolute Gasteiger partial charge is 0.472 e. The van der Waals surface area contributed by atoms with Gasteiger partial charge in [0.05, 0.1) is 27.7 Å². The Labute approximate surface area is 260 Å². The van der Waals surface area contributed by atoms with Crippen LogP contribution < -0.4 is 0 Å². The normalized spacial score (nSPS) is 14.3. The Kier molecular flexibility index (Phi) is 22.3. The van der Waals surface area contributed by atoms with E-state index in [4.69, 9.17) is 13.8 Å². The van der Waals surface area contributed by atoms with E-state index in [2.05, 4.69) is 53.8 Å². The smallest absolute Gasteiger partial charge is 0.381 e. The van der Waals surface area contributed by atoms with Crippen LogP contribution in [-0.2, 0) is 18.3 Å². The summed E-state index contributed by atoms with van der Waals surface area (Å²) in [5.74, 6) is 0.694. The lowest BCUT2D eigenvalue weighted by molar-refractivity contribution is -0.870. The number of ether oxygens (including phenoxy) is 1. The van der Waals surface area contributed by atoms with Crippen molar-refractivity contribution in [2.24, 2.45) is 0 Å². The van der Waals surface area contributed by atoms with E-state index in [1.807, 2.05) is 21.1 Å². The van der Waals surface area contributed by atoms with Gasteiger partial charge >= 0.3 is 7.82 Å². The zero-order valence-corrected chi connectivity index (χ0v) is 29.1. The van der Waals surface area contributed by atoms with Crippen molar-refractivity contribution in [2.75, 3.05) is 54.1 Å². The van der Waals surface area contributed by atoms with Gasteiger partial charge in [0.25, 0.3) is 0 Å². The number of hydrogen-bond donors (Lipinski definition) is 1. The average molecular weight is 697 g/mol. The number of halogens is 1. The lowest BCUT2D eigenvalue weighted by Crippen LogP contribution is -2.37.